The Balaban J connectivity index is 1.69. The van der Waals surface area contributed by atoms with Crippen molar-refractivity contribution in [1.82, 2.24) is 5.32 Å². The minimum atomic E-state index is -4.03. The molecule has 3 rings (SSSR count). The van der Waals surface area contributed by atoms with E-state index in [1.807, 2.05) is 0 Å². The SMILES string of the molecule is COc1cc(CCC(=O)NCc2ccco2)ccc1S(=O)(=O)Nc1ccc([N+](=O)[O-])cc1C. The maximum absolute atomic E-state index is 12.9. The van der Waals surface area contributed by atoms with Crippen LogP contribution in [0.4, 0.5) is 11.4 Å². The van der Waals surface area contributed by atoms with Crippen molar-refractivity contribution in [2.75, 3.05) is 11.8 Å². The molecule has 0 aliphatic carbocycles. The molecule has 0 bridgehead atoms. The molecule has 0 unspecified atom stereocenters. The minimum Gasteiger partial charge on any atom is -0.495 e. The van der Waals surface area contributed by atoms with Crippen molar-refractivity contribution in [3.63, 3.8) is 0 Å². The zero-order valence-electron chi connectivity index (χ0n) is 18.0. The molecular weight excluding hydrogens is 450 g/mol. The number of anilines is 1. The number of nitro groups is 1. The molecule has 0 fully saturated rings. The summed E-state index contributed by atoms with van der Waals surface area (Å²) in [7, 11) is -2.68. The number of non-ortho nitro benzene ring substituents is 1. The Kier molecular flexibility index (Phi) is 7.34. The highest BCUT2D eigenvalue weighted by Gasteiger charge is 2.21. The van der Waals surface area contributed by atoms with Gasteiger partial charge in [-0.15, -0.1) is 0 Å². The first kappa shape index (κ1) is 23.8. The fraction of sp³-hybridized carbons (Fsp3) is 0.227. The van der Waals surface area contributed by atoms with E-state index >= 15 is 0 Å². The lowest BCUT2D eigenvalue weighted by Gasteiger charge is -2.14. The van der Waals surface area contributed by atoms with Crippen LogP contribution in [0.3, 0.4) is 0 Å². The summed E-state index contributed by atoms with van der Waals surface area (Å²) in [6.45, 7) is 1.86. The first-order valence-electron chi connectivity index (χ1n) is 9.93. The number of nitro benzene ring substituents is 1. The smallest absolute Gasteiger partial charge is 0.269 e. The van der Waals surface area contributed by atoms with Crippen LogP contribution in [0.1, 0.15) is 23.3 Å². The normalized spacial score (nSPS) is 11.1. The van der Waals surface area contributed by atoms with Crippen LogP contribution in [0.2, 0.25) is 0 Å². The largest absolute Gasteiger partial charge is 0.495 e. The van der Waals surface area contributed by atoms with Gasteiger partial charge >= 0.3 is 0 Å². The number of amides is 1. The number of sulfonamides is 1. The van der Waals surface area contributed by atoms with Crippen LogP contribution in [0.5, 0.6) is 5.75 Å². The maximum atomic E-state index is 12.9. The highest BCUT2D eigenvalue weighted by molar-refractivity contribution is 7.92. The van der Waals surface area contributed by atoms with Gasteiger partial charge in [-0.2, -0.15) is 0 Å². The van der Waals surface area contributed by atoms with Gasteiger partial charge in [0.15, 0.2) is 0 Å². The maximum Gasteiger partial charge on any atom is 0.269 e. The molecule has 2 aromatic carbocycles. The van der Waals surface area contributed by atoms with E-state index in [2.05, 4.69) is 10.0 Å². The second kappa shape index (κ2) is 10.2. The molecule has 0 spiro atoms. The average molecular weight is 474 g/mol. The van der Waals surface area contributed by atoms with Gasteiger partial charge in [-0.05, 0) is 54.8 Å². The standard InChI is InChI=1S/C22H23N3O7S/c1-15-12-17(25(27)28)7-8-19(15)24-33(29,30)21-9-5-16(13-20(21)31-2)6-10-22(26)23-14-18-4-3-11-32-18/h3-5,7-9,11-13,24H,6,10,14H2,1-2H3,(H,23,26). The molecule has 11 heteroatoms. The number of carbonyl (C=O) groups is 1. The van der Waals surface area contributed by atoms with Crippen LogP contribution in [0.25, 0.3) is 0 Å². The highest BCUT2D eigenvalue weighted by atomic mass is 32.2. The Bertz CT molecular complexity index is 1250. The third kappa shape index (κ3) is 6.10. The molecule has 174 valence electrons. The average Bonchev–Trinajstić information content (AvgIpc) is 3.31. The number of benzene rings is 2. The van der Waals surface area contributed by atoms with Crippen LogP contribution in [0, 0.1) is 17.0 Å². The Labute approximate surface area is 190 Å². The van der Waals surface area contributed by atoms with Gasteiger partial charge in [-0.3, -0.25) is 19.6 Å². The molecule has 0 saturated carbocycles. The van der Waals surface area contributed by atoms with Crippen LogP contribution in [-0.4, -0.2) is 26.4 Å². The Morgan fingerprint density at radius 2 is 1.97 bits per heavy atom. The molecule has 0 aliphatic rings. The number of hydrogen-bond donors (Lipinski definition) is 2. The van der Waals surface area contributed by atoms with Crippen molar-refractivity contribution < 1.29 is 27.3 Å². The summed E-state index contributed by atoms with van der Waals surface area (Å²) in [5.41, 5.74) is 1.22. The molecule has 2 N–H and O–H groups in total. The summed E-state index contributed by atoms with van der Waals surface area (Å²) in [4.78, 5) is 22.3. The third-order valence-corrected chi connectivity index (χ3v) is 6.27. The molecule has 0 aliphatic heterocycles. The summed E-state index contributed by atoms with van der Waals surface area (Å²) in [6, 6.07) is 11.9. The number of aryl methyl sites for hydroxylation is 2. The van der Waals surface area contributed by atoms with E-state index in [0.717, 1.165) is 5.56 Å². The third-order valence-electron chi connectivity index (χ3n) is 4.86. The van der Waals surface area contributed by atoms with Gasteiger partial charge in [0.2, 0.25) is 5.91 Å². The van der Waals surface area contributed by atoms with Gasteiger partial charge in [0.05, 0.1) is 30.5 Å². The van der Waals surface area contributed by atoms with E-state index in [4.69, 9.17) is 9.15 Å². The minimum absolute atomic E-state index is 0.0891. The second-order valence-corrected chi connectivity index (χ2v) is 8.85. The topological polar surface area (TPSA) is 141 Å². The summed E-state index contributed by atoms with van der Waals surface area (Å²) >= 11 is 0. The Morgan fingerprint density at radius 3 is 2.61 bits per heavy atom. The van der Waals surface area contributed by atoms with E-state index in [0.29, 0.717) is 24.3 Å². The van der Waals surface area contributed by atoms with Crippen molar-refractivity contribution in [2.45, 2.75) is 31.2 Å². The number of rotatable bonds is 10. The van der Waals surface area contributed by atoms with Gasteiger partial charge in [0.25, 0.3) is 15.7 Å². The van der Waals surface area contributed by atoms with E-state index in [1.54, 1.807) is 31.2 Å². The summed E-state index contributed by atoms with van der Waals surface area (Å²) in [5.74, 6) is 0.600. The molecule has 1 aromatic heterocycles. The number of hydrogen-bond acceptors (Lipinski definition) is 7. The second-order valence-electron chi connectivity index (χ2n) is 7.20. The Morgan fingerprint density at radius 1 is 1.18 bits per heavy atom. The predicted molar refractivity (Wildman–Crippen MR) is 121 cm³/mol. The number of methoxy groups -OCH3 is 1. The predicted octanol–water partition coefficient (Wildman–Crippen LogP) is 3.55. The van der Waals surface area contributed by atoms with Gasteiger partial charge in [-0.1, -0.05) is 6.07 Å². The van der Waals surface area contributed by atoms with Crippen molar-refractivity contribution in [3.05, 3.63) is 81.8 Å². The first-order chi connectivity index (χ1) is 15.7. The van der Waals surface area contributed by atoms with Crippen LogP contribution < -0.4 is 14.8 Å². The van der Waals surface area contributed by atoms with Crippen LogP contribution >= 0.6 is 0 Å². The van der Waals surface area contributed by atoms with E-state index in [1.165, 1.54) is 37.6 Å². The lowest BCUT2D eigenvalue weighted by atomic mass is 10.1. The monoisotopic (exact) mass is 473 g/mol. The zero-order chi connectivity index (χ0) is 24.0. The van der Waals surface area contributed by atoms with Crippen molar-refractivity contribution in [2.24, 2.45) is 0 Å². The summed E-state index contributed by atoms with van der Waals surface area (Å²) < 4.78 is 38.7. The van der Waals surface area contributed by atoms with Crippen LogP contribution in [0.15, 0.2) is 64.1 Å². The molecule has 0 atom stereocenters. The molecule has 1 amide bonds. The highest BCUT2D eigenvalue weighted by Crippen LogP contribution is 2.29. The van der Waals surface area contributed by atoms with Crippen LogP contribution in [-0.2, 0) is 27.8 Å². The number of carbonyl (C=O) groups excluding carboxylic acids is 1. The van der Waals surface area contributed by atoms with Gasteiger partial charge in [0.1, 0.15) is 16.4 Å². The molecular formula is C22H23N3O7S. The van der Waals surface area contributed by atoms with Gasteiger partial charge in [0, 0.05) is 18.6 Å². The number of nitrogens with zero attached hydrogens (tertiary/aromatic N) is 1. The molecule has 10 nitrogen and oxygen atoms in total. The fourth-order valence-electron chi connectivity index (χ4n) is 3.11. The van der Waals surface area contributed by atoms with Crippen molar-refractivity contribution >= 4 is 27.3 Å². The van der Waals surface area contributed by atoms with Crippen molar-refractivity contribution in [3.8, 4) is 5.75 Å². The van der Waals surface area contributed by atoms with E-state index < -0.39 is 14.9 Å². The zero-order valence-corrected chi connectivity index (χ0v) is 18.8. The fourth-order valence-corrected chi connectivity index (χ4v) is 4.39. The lowest BCUT2D eigenvalue weighted by molar-refractivity contribution is -0.384. The number of furan rings is 1. The molecule has 33 heavy (non-hydrogen) atoms. The molecule has 3 aromatic rings. The van der Waals surface area contributed by atoms with Gasteiger partial charge < -0.3 is 14.5 Å². The first-order valence-corrected chi connectivity index (χ1v) is 11.4. The quantitative estimate of drug-likeness (QED) is 0.339. The summed E-state index contributed by atoms with van der Waals surface area (Å²) in [6.07, 6.45) is 2.12. The van der Waals surface area contributed by atoms with E-state index in [-0.39, 0.29) is 34.3 Å². The van der Waals surface area contributed by atoms with Gasteiger partial charge in [-0.25, -0.2) is 8.42 Å². The van der Waals surface area contributed by atoms with Crippen molar-refractivity contribution in [1.29, 1.82) is 0 Å². The number of ether oxygens (including phenoxy) is 1. The molecule has 0 saturated heterocycles. The number of nitrogens with one attached hydrogen (secondary N) is 2. The molecule has 0 radical (unpaired) electrons. The summed E-state index contributed by atoms with van der Waals surface area (Å²) in [5, 5.41) is 13.6. The van der Waals surface area contributed by atoms with E-state index in [9.17, 15) is 23.3 Å². The Hall–Kier alpha value is -3.86. The molecule has 1 heterocycles. The lowest BCUT2D eigenvalue weighted by Crippen LogP contribution is -2.22.